The molecule has 1 rings (SSSR count). The number of hydrogen-bond donors (Lipinski definition) is 1. The van der Waals surface area contributed by atoms with Crippen LogP contribution in [0.15, 0.2) is 0 Å². The van der Waals surface area contributed by atoms with Gasteiger partial charge in [0, 0.05) is 6.54 Å². The van der Waals surface area contributed by atoms with Crippen LogP contribution < -0.4 is 0 Å². The van der Waals surface area contributed by atoms with E-state index in [9.17, 15) is 4.79 Å². The van der Waals surface area contributed by atoms with Crippen molar-refractivity contribution in [2.24, 2.45) is 5.92 Å². The zero-order chi connectivity index (χ0) is 10.1. The third kappa shape index (κ3) is 2.21. The van der Waals surface area contributed by atoms with E-state index in [0.717, 1.165) is 19.5 Å². The van der Waals surface area contributed by atoms with Gasteiger partial charge in [-0.05, 0) is 39.2 Å². The van der Waals surface area contributed by atoms with Crippen LogP contribution in [-0.2, 0) is 4.79 Å². The number of likely N-dealkylation sites (tertiary alicyclic amines) is 1. The number of carboxylic acids is 1. The Morgan fingerprint density at radius 3 is 2.62 bits per heavy atom. The molecule has 13 heavy (non-hydrogen) atoms. The maximum Gasteiger partial charge on any atom is 0.323 e. The second kappa shape index (κ2) is 3.66. The first-order valence-electron chi connectivity index (χ1n) is 4.93. The Hall–Kier alpha value is -0.570. The van der Waals surface area contributed by atoms with E-state index in [0.29, 0.717) is 5.92 Å². The van der Waals surface area contributed by atoms with E-state index < -0.39 is 11.5 Å². The molecule has 3 heteroatoms. The van der Waals surface area contributed by atoms with Crippen molar-refractivity contribution in [1.82, 2.24) is 4.90 Å². The van der Waals surface area contributed by atoms with Crippen molar-refractivity contribution in [3.8, 4) is 0 Å². The fourth-order valence-electron chi connectivity index (χ4n) is 1.83. The molecule has 76 valence electrons. The quantitative estimate of drug-likeness (QED) is 0.710. The highest BCUT2D eigenvalue weighted by Gasteiger charge is 2.36. The smallest absolute Gasteiger partial charge is 0.323 e. The zero-order valence-corrected chi connectivity index (χ0v) is 8.71. The molecule has 1 atom stereocenters. The number of piperidine rings is 1. The molecule has 0 aromatic rings. The summed E-state index contributed by atoms with van der Waals surface area (Å²) in [5, 5.41) is 9.04. The first-order valence-corrected chi connectivity index (χ1v) is 4.93. The molecule has 1 saturated heterocycles. The van der Waals surface area contributed by atoms with Gasteiger partial charge in [0.15, 0.2) is 0 Å². The molecule has 0 aliphatic carbocycles. The molecule has 0 spiro atoms. The van der Waals surface area contributed by atoms with Crippen molar-refractivity contribution in [2.45, 2.75) is 39.2 Å². The van der Waals surface area contributed by atoms with Gasteiger partial charge in [0.25, 0.3) is 0 Å². The summed E-state index contributed by atoms with van der Waals surface area (Å²) in [5.74, 6) is -0.0889. The van der Waals surface area contributed by atoms with E-state index >= 15 is 0 Å². The van der Waals surface area contributed by atoms with Gasteiger partial charge in [-0.1, -0.05) is 6.92 Å². The summed E-state index contributed by atoms with van der Waals surface area (Å²) < 4.78 is 0. The van der Waals surface area contributed by atoms with Crippen LogP contribution in [0.4, 0.5) is 0 Å². The first kappa shape index (κ1) is 10.5. The molecule has 1 aliphatic rings. The van der Waals surface area contributed by atoms with Crippen molar-refractivity contribution in [3.63, 3.8) is 0 Å². The number of rotatable bonds is 2. The van der Waals surface area contributed by atoms with Crippen LogP contribution in [0, 0.1) is 5.92 Å². The molecule has 1 aliphatic heterocycles. The largest absolute Gasteiger partial charge is 0.480 e. The second-order valence-corrected chi connectivity index (χ2v) is 4.56. The van der Waals surface area contributed by atoms with Crippen LogP contribution in [0.3, 0.4) is 0 Å². The van der Waals surface area contributed by atoms with Gasteiger partial charge in [-0.2, -0.15) is 0 Å². The van der Waals surface area contributed by atoms with Crippen molar-refractivity contribution < 1.29 is 9.90 Å². The third-order valence-corrected chi connectivity index (χ3v) is 2.97. The summed E-state index contributed by atoms with van der Waals surface area (Å²) in [6, 6.07) is 0. The monoisotopic (exact) mass is 185 g/mol. The number of carboxylic acid groups (broad SMARTS) is 1. The predicted octanol–water partition coefficient (Wildman–Crippen LogP) is 1.58. The summed E-state index contributed by atoms with van der Waals surface area (Å²) >= 11 is 0. The van der Waals surface area contributed by atoms with Gasteiger partial charge in [0.2, 0.25) is 0 Å². The minimum absolute atomic E-state index is 0.632. The number of nitrogens with zero attached hydrogens (tertiary/aromatic N) is 1. The lowest BCUT2D eigenvalue weighted by atomic mass is 9.94. The molecule has 1 fully saturated rings. The van der Waals surface area contributed by atoms with E-state index in [1.165, 1.54) is 6.42 Å². The Bertz CT molecular complexity index is 201. The lowest BCUT2D eigenvalue weighted by Gasteiger charge is -2.40. The van der Waals surface area contributed by atoms with Crippen LogP contribution in [-0.4, -0.2) is 34.6 Å². The van der Waals surface area contributed by atoms with Gasteiger partial charge < -0.3 is 5.11 Å². The Kier molecular flexibility index (Phi) is 2.96. The van der Waals surface area contributed by atoms with Gasteiger partial charge in [-0.3, -0.25) is 9.69 Å². The van der Waals surface area contributed by atoms with Gasteiger partial charge in [-0.25, -0.2) is 0 Å². The van der Waals surface area contributed by atoms with Crippen molar-refractivity contribution in [3.05, 3.63) is 0 Å². The molecule has 1 heterocycles. The molecule has 0 radical (unpaired) electrons. The van der Waals surface area contributed by atoms with Crippen molar-refractivity contribution >= 4 is 5.97 Å². The molecule has 0 amide bonds. The van der Waals surface area contributed by atoms with Crippen molar-refractivity contribution in [1.29, 1.82) is 0 Å². The topological polar surface area (TPSA) is 40.5 Å². The Labute approximate surface area is 79.7 Å². The SMILES string of the molecule is C[C@H]1CCCN(C(C)(C)C(=O)O)C1. The number of hydrogen-bond acceptors (Lipinski definition) is 2. The summed E-state index contributed by atoms with van der Waals surface area (Å²) in [4.78, 5) is 13.1. The Morgan fingerprint density at radius 2 is 2.15 bits per heavy atom. The highest BCUT2D eigenvalue weighted by Crippen LogP contribution is 2.23. The van der Waals surface area contributed by atoms with E-state index in [1.54, 1.807) is 13.8 Å². The van der Waals surface area contributed by atoms with E-state index in [1.807, 2.05) is 0 Å². The van der Waals surface area contributed by atoms with Crippen LogP contribution in [0.1, 0.15) is 33.6 Å². The predicted molar refractivity (Wildman–Crippen MR) is 51.7 cm³/mol. The van der Waals surface area contributed by atoms with Gasteiger partial charge in [0.05, 0.1) is 0 Å². The minimum Gasteiger partial charge on any atom is -0.480 e. The molecule has 0 unspecified atom stereocenters. The fraction of sp³-hybridized carbons (Fsp3) is 0.900. The second-order valence-electron chi connectivity index (χ2n) is 4.56. The first-order chi connectivity index (χ1) is 5.94. The number of carbonyl (C=O) groups is 1. The molecular formula is C10H19NO2. The van der Waals surface area contributed by atoms with E-state index in [-0.39, 0.29) is 0 Å². The molecule has 3 nitrogen and oxygen atoms in total. The lowest BCUT2D eigenvalue weighted by Crippen LogP contribution is -2.53. The number of aliphatic carboxylic acids is 1. The van der Waals surface area contributed by atoms with Crippen LogP contribution in [0.5, 0.6) is 0 Å². The summed E-state index contributed by atoms with van der Waals surface area (Å²) in [7, 11) is 0. The van der Waals surface area contributed by atoms with Crippen molar-refractivity contribution in [2.75, 3.05) is 13.1 Å². The molecule has 0 aromatic carbocycles. The average molecular weight is 185 g/mol. The lowest BCUT2D eigenvalue weighted by molar-refractivity contribution is -0.150. The average Bonchev–Trinajstić information content (AvgIpc) is 2.04. The van der Waals surface area contributed by atoms with E-state index in [4.69, 9.17) is 5.11 Å². The highest BCUT2D eigenvalue weighted by atomic mass is 16.4. The maximum absolute atomic E-state index is 11.0. The fourth-order valence-corrected chi connectivity index (χ4v) is 1.83. The summed E-state index contributed by atoms with van der Waals surface area (Å²) in [5.41, 5.74) is -0.700. The standard InChI is InChI=1S/C10H19NO2/c1-8-5-4-6-11(7-8)10(2,3)9(12)13/h8H,4-7H2,1-3H3,(H,12,13)/t8-/m0/s1. The van der Waals surface area contributed by atoms with Crippen LogP contribution >= 0.6 is 0 Å². The Morgan fingerprint density at radius 1 is 1.54 bits per heavy atom. The van der Waals surface area contributed by atoms with E-state index in [2.05, 4.69) is 11.8 Å². The van der Waals surface area contributed by atoms with Gasteiger partial charge in [-0.15, -0.1) is 0 Å². The summed E-state index contributed by atoms with van der Waals surface area (Å²) in [6.45, 7) is 7.59. The molecule has 1 N–H and O–H groups in total. The van der Waals surface area contributed by atoms with Gasteiger partial charge >= 0.3 is 5.97 Å². The maximum atomic E-state index is 11.0. The zero-order valence-electron chi connectivity index (χ0n) is 8.71. The molecule has 0 aromatic heterocycles. The normalized spacial score (nSPS) is 25.9. The molecule has 0 bridgehead atoms. The highest BCUT2D eigenvalue weighted by molar-refractivity contribution is 5.77. The summed E-state index contributed by atoms with van der Waals surface area (Å²) in [6.07, 6.45) is 2.35. The third-order valence-electron chi connectivity index (χ3n) is 2.97. The molecular weight excluding hydrogens is 166 g/mol. The molecule has 0 saturated carbocycles. The minimum atomic E-state index is -0.721. The Balaban J connectivity index is 2.64. The van der Waals surface area contributed by atoms with Crippen LogP contribution in [0.2, 0.25) is 0 Å². The van der Waals surface area contributed by atoms with Gasteiger partial charge in [0.1, 0.15) is 5.54 Å². The van der Waals surface area contributed by atoms with Crippen LogP contribution in [0.25, 0.3) is 0 Å².